The Bertz CT molecular complexity index is 1930. The number of hydrogen-bond donors (Lipinski definition) is 1. The Morgan fingerprint density at radius 1 is 1.02 bits per heavy atom. The summed E-state index contributed by atoms with van der Waals surface area (Å²) in [5.41, 5.74) is -0.483. The normalized spacial score (nSPS) is 12.2. The van der Waals surface area contributed by atoms with Gasteiger partial charge in [0.15, 0.2) is 5.78 Å². The lowest BCUT2D eigenvalue weighted by atomic mass is 9.95. The second-order valence-electron chi connectivity index (χ2n) is 10.9. The zero-order chi connectivity index (χ0) is 33.3. The van der Waals surface area contributed by atoms with Crippen LogP contribution >= 0.6 is 0 Å². The van der Waals surface area contributed by atoms with Crippen LogP contribution in [0.5, 0.6) is 0 Å². The number of nitrogens with one attached hydrogen (secondary N) is 1. The Morgan fingerprint density at radius 3 is 2.27 bits per heavy atom. The summed E-state index contributed by atoms with van der Waals surface area (Å²) < 4.78 is 86.2. The minimum absolute atomic E-state index is 0.00945. The third-order valence-electron chi connectivity index (χ3n) is 6.92. The molecule has 1 aromatic heterocycles. The molecule has 4 aromatic rings. The highest BCUT2D eigenvalue weighted by molar-refractivity contribution is 7.92. The Labute approximate surface area is 257 Å². The number of carbonyl (C=O) groups is 2. The molecule has 0 spiro atoms. The number of ketones is 1. The van der Waals surface area contributed by atoms with Gasteiger partial charge in [0.05, 0.1) is 30.0 Å². The second kappa shape index (κ2) is 12.4. The van der Waals surface area contributed by atoms with Crippen molar-refractivity contribution in [1.82, 2.24) is 5.32 Å². The average Bonchev–Trinajstić information content (AvgIpc) is 3.33. The first-order valence-electron chi connectivity index (χ1n) is 13.7. The highest BCUT2D eigenvalue weighted by Crippen LogP contribution is 2.42. The zero-order valence-electron chi connectivity index (χ0n) is 24.8. The summed E-state index contributed by atoms with van der Waals surface area (Å²) in [6.07, 6.45) is -5.32. The van der Waals surface area contributed by atoms with Gasteiger partial charge in [-0.3, -0.25) is 13.9 Å². The summed E-state index contributed by atoms with van der Waals surface area (Å²) >= 11 is 0. The molecular weight excluding hydrogens is 614 g/mol. The van der Waals surface area contributed by atoms with Crippen LogP contribution in [-0.4, -0.2) is 44.6 Å². The molecule has 0 radical (unpaired) electrons. The van der Waals surface area contributed by atoms with Crippen molar-refractivity contribution < 1.29 is 40.0 Å². The largest absolute Gasteiger partial charge is 0.455 e. The van der Waals surface area contributed by atoms with Crippen LogP contribution < -0.4 is 9.62 Å². The molecule has 1 heterocycles. The van der Waals surface area contributed by atoms with Crippen LogP contribution in [0.25, 0.3) is 33.4 Å². The number of carbonyl (C=O) groups excluding carboxylic acids is 2. The van der Waals surface area contributed by atoms with Crippen LogP contribution in [0.15, 0.2) is 65.1 Å². The standard InChI is InChI=1S/C32H29F4N3O5S/c1-5-26(40)28-24-16-23(20-7-6-8-21(15-20)30(41)38-31(2,3)18-37)25(39(45(4,42)43)14-13-32(34,35)36)17-27(24)44-29(28)19-9-11-22(33)12-10-19/h6-12,15-17H,5,13-14H2,1-4H3,(H,38,41). The predicted molar refractivity (Wildman–Crippen MR) is 162 cm³/mol. The lowest BCUT2D eigenvalue weighted by Gasteiger charge is -2.26. The van der Waals surface area contributed by atoms with E-state index in [0.717, 1.165) is 6.26 Å². The van der Waals surface area contributed by atoms with Crippen LogP contribution in [0.4, 0.5) is 23.2 Å². The average molecular weight is 644 g/mol. The maximum Gasteiger partial charge on any atom is 0.390 e. The van der Waals surface area contributed by atoms with E-state index in [1.54, 1.807) is 6.92 Å². The van der Waals surface area contributed by atoms with Crippen molar-refractivity contribution >= 4 is 38.4 Å². The Balaban J connectivity index is 2.04. The number of benzene rings is 3. The van der Waals surface area contributed by atoms with Crippen LogP contribution in [0.1, 0.15) is 54.3 Å². The van der Waals surface area contributed by atoms with E-state index in [0.29, 0.717) is 9.87 Å². The maximum absolute atomic E-state index is 13.7. The van der Waals surface area contributed by atoms with E-state index in [1.165, 1.54) is 74.5 Å². The van der Waals surface area contributed by atoms with Crippen molar-refractivity contribution in [3.63, 3.8) is 0 Å². The number of alkyl halides is 3. The molecule has 1 N–H and O–H groups in total. The van der Waals surface area contributed by atoms with Gasteiger partial charge in [-0.25, -0.2) is 12.8 Å². The fourth-order valence-corrected chi connectivity index (χ4v) is 5.66. The molecule has 3 aromatic carbocycles. The topological polar surface area (TPSA) is 120 Å². The molecular formula is C32H29F4N3O5S. The van der Waals surface area contributed by atoms with E-state index in [-0.39, 0.29) is 56.9 Å². The highest BCUT2D eigenvalue weighted by atomic mass is 32.2. The minimum Gasteiger partial charge on any atom is -0.455 e. The van der Waals surface area contributed by atoms with Gasteiger partial charge in [0.2, 0.25) is 10.0 Å². The van der Waals surface area contributed by atoms with Gasteiger partial charge in [0.1, 0.15) is 22.7 Å². The molecule has 4 rings (SSSR count). The van der Waals surface area contributed by atoms with Gasteiger partial charge < -0.3 is 9.73 Å². The quantitative estimate of drug-likeness (QED) is 0.144. The third kappa shape index (κ3) is 7.51. The smallest absolute Gasteiger partial charge is 0.390 e. The van der Waals surface area contributed by atoms with Crippen molar-refractivity contribution in [3.8, 4) is 28.5 Å². The van der Waals surface area contributed by atoms with E-state index < -0.39 is 46.4 Å². The Hall–Kier alpha value is -4.70. The van der Waals surface area contributed by atoms with Gasteiger partial charge in [0.25, 0.3) is 5.91 Å². The number of sulfonamides is 1. The van der Waals surface area contributed by atoms with Crippen molar-refractivity contribution in [1.29, 1.82) is 5.26 Å². The summed E-state index contributed by atoms with van der Waals surface area (Å²) in [7, 11) is -4.31. The molecule has 236 valence electrons. The van der Waals surface area contributed by atoms with E-state index >= 15 is 0 Å². The molecule has 0 bridgehead atoms. The molecule has 0 aliphatic carbocycles. The Morgan fingerprint density at radius 2 is 1.69 bits per heavy atom. The number of anilines is 1. The number of rotatable bonds is 10. The molecule has 0 aliphatic rings. The van der Waals surface area contributed by atoms with Crippen molar-refractivity contribution in [3.05, 3.63) is 77.6 Å². The highest BCUT2D eigenvalue weighted by Gasteiger charge is 2.32. The van der Waals surface area contributed by atoms with Gasteiger partial charge in [-0.05, 0) is 61.9 Å². The zero-order valence-corrected chi connectivity index (χ0v) is 25.6. The summed E-state index contributed by atoms with van der Waals surface area (Å²) in [4.78, 5) is 26.2. The third-order valence-corrected chi connectivity index (χ3v) is 8.10. The number of nitrogens with zero attached hydrogens (tertiary/aromatic N) is 2. The van der Waals surface area contributed by atoms with Gasteiger partial charge in [-0.2, -0.15) is 18.4 Å². The Kier molecular flexibility index (Phi) is 9.12. The number of amides is 1. The second-order valence-corrected chi connectivity index (χ2v) is 12.8. The fourth-order valence-electron chi connectivity index (χ4n) is 4.73. The van der Waals surface area contributed by atoms with E-state index in [2.05, 4.69) is 5.32 Å². The number of fused-ring (bicyclic) bond motifs is 1. The molecule has 13 heteroatoms. The molecule has 0 unspecified atom stereocenters. The molecule has 1 amide bonds. The molecule has 0 fully saturated rings. The fraction of sp³-hybridized carbons (Fsp3) is 0.281. The number of nitriles is 1. The lowest BCUT2D eigenvalue weighted by Crippen LogP contribution is -2.42. The predicted octanol–water partition coefficient (Wildman–Crippen LogP) is 7.25. The number of furan rings is 1. The van der Waals surface area contributed by atoms with E-state index in [4.69, 9.17) is 4.42 Å². The number of halogens is 4. The van der Waals surface area contributed by atoms with Crippen LogP contribution in [0.3, 0.4) is 0 Å². The molecule has 8 nitrogen and oxygen atoms in total. The maximum atomic E-state index is 13.7. The first-order valence-corrected chi connectivity index (χ1v) is 15.6. The van der Waals surface area contributed by atoms with Gasteiger partial charge in [-0.1, -0.05) is 19.1 Å². The molecule has 45 heavy (non-hydrogen) atoms. The first kappa shape index (κ1) is 33.2. The summed E-state index contributed by atoms with van der Waals surface area (Å²) in [6.45, 7) is 3.66. The van der Waals surface area contributed by atoms with Crippen LogP contribution in [0, 0.1) is 17.1 Å². The molecule has 0 saturated heterocycles. The summed E-state index contributed by atoms with van der Waals surface area (Å²) in [6, 6.07) is 15.7. The number of hydrogen-bond acceptors (Lipinski definition) is 6. The van der Waals surface area contributed by atoms with Crippen LogP contribution in [0.2, 0.25) is 0 Å². The number of Topliss-reactive ketones (excluding diaryl/α,β-unsaturated/α-hetero) is 1. The van der Waals surface area contributed by atoms with Crippen LogP contribution in [-0.2, 0) is 10.0 Å². The summed E-state index contributed by atoms with van der Waals surface area (Å²) in [5.74, 6) is -1.42. The minimum atomic E-state index is -4.68. The SMILES string of the molecule is CCC(=O)c1c(-c2ccc(F)cc2)oc2cc(N(CCC(F)(F)F)S(C)(=O)=O)c(-c3cccc(C(=O)NC(C)(C)C#N)c3)cc12. The lowest BCUT2D eigenvalue weighted by molar-refractivity contribution is -0.131. The first-order chi connectivity index (χ1) is 20.9. The van der Waals surface area contributed by atoms with Gasteiger partial charge in [0, 0.05) is 41.1 Å². The van der Waals surface area contributed by atoms with Crippen molar-refractivity contribution in [2.45, 2.75) is 45.3 Å². The van der Waals surface area contributed by atoms with Crippen molar-refractivity contribution in [2.75, 3.05) is 17.1 Å². The summed E-state index contributed by atoms with van der Waals surface area (Å²) in [5, 5.41) is 12.1. The van der Waals surface area contributed by atoms with E-state index in [1.807, 2.05) is 6.07 Å². The van der Waals surface area contributed by atoms with Crippen molar-refractivity contribution in [2.24, 2.45) is 0 Å². The molecule has 0 atom stereocenters. The molecule has 0 saturated carbocycles. The van der Waals surface area contributed by atoms with Gasteiger partial charge in [-0.15, -0.1) is 0 Å². The van der Waals surface area contributed by atoms with E-state index in [9.17, 15) is 40.8 Å². The monoisotopic (exact) mass is 643 g/mol. The molecule has 0 aliphatic heterocycles. The van der Waals surface area contributed by atoms with Gasteiger partial charge >= 0.3 is 6.18 Å².